The SMILES string of the molecule is Cc1cccc(OCCCCNc2ncnc3ccccc23)c1. The molecule has 0 saturated carbocycles. The summed E-state index contributed by atoms with van der Waals surface area (Å²) in [6.07, 6.45) is 3.64. The van der Waals surface area contributed by atoms with Crippen LogP contribution in [0, 0.1) is 6.92 Å². The third-order valence-corrected chi connectivity index (χ3v) is 3.66. The van der Waals surface area contributed by atoms with E-state index in [1.165, 1.54) is 5.56 Å². The van der Waals surface area contributed by atoms with Crippen molar-refractivity contribution in [1.82, 2.24) is 9.97 Å². The van der Waals surface area contributed by atoms with Crippen LogP contribution in [0.3, 0.4) is 0 Å². The Bertz CT molecular complexity index is 768. The van der Waals surface area contributed by atoms with Gasteiger partial charge in [-0.05, 0) is 49.6 Å². The Morgan fingerprint density at radius 1 is 1.00 bits per heavy atom. The number of para-hydroxylation sites is 1. The van der Waals surface area contributed by atoms with E-state index in [4.69, 9.17) is 4.74 Å². The summed E-state index contributed by atoms with van der Waals surface area (Å²) in [6, 6.07) is 16.2. The van der Waals surface area contributed by atoms with E-state index in [0.29, 0.717) is 0 Å². The van der Waals surface area contributed by atoms with Crippen molar-refractivity contribution in [1.29, 1.82) is 0 Å². The largest absolute Gasteiger partial charge is 0.494 e. The molecule has 0 bridgehead atoms. The van der Waals surface area contributed by atoms with Gasteiger partial charge >= 0.3 is 0 Å². The average Bonchev–Trinajstić information content (AvgIpc) is 2.58. The van der Waals surface area contributed by atoms with E-state index in [1.54, 1.807) is 6.33 Å². The van der Waals surface area contributed by atoms with Crippen LogP contribution in [-0.2, 0) is 0 Å². The normalized spacial score (nSPS) is 10.7. The summed E-state index contributed by atoms with van der Waals surface area (Å²) in [7, 11) is 0. The topological polar surface area (TPSA) is 47.0 Å². The number of nitrogens with one attached hydrogen (secondary N) is 1. The van der Waals surface area contributed by atoms with Gasteiger partial charge in [-0.3, -0.25) is 0 Å². The molecule has 23 heavy (non-hydrogen) atoms. The molecule has 0 amide bonds. The van der Waals surface area contributed by atoms with Crippen LogP contribution in [0.2, 0.25) is 0 Å². The number of hydrogen-bond acceptors (Lipinski definition) is 4. The van der Waals surface area contributed by atoms with E-state index in [-0.39, 0.29) is 0 Å². The highest BCUT2D eigenvalue weighted by Crippen LogP contribution is 2.18. The number of nitrogens with zero attached hydrogens (tertiary/aromatic N) is 2. The zero-order chi connectivity index (χ0) is 15.9. The van der Waals surface area contributed by atoms with Gasteiger partial charge in [0.15, 0.2) is 0 Å². The molecule has 1 heterocycles. The molecule has 118 valence electrons. The van der Waals surface area contributed by atoms with Crippen LogP contribution in [0.25, 0.3) is 10.9 Å². The summed E-state index contributed by atoms with van der Waals surface area (Å²) in [4.78, 5) is 8.60. The molecule has 3 aromatic rings. The summed E-state index contributed by atoms with van der Waals surface area (Å²) < 4.78 is 5.76. The van der Waals surface area contributed by atoms with Gasteiger partial charge in [-0.2, -0.15) is 0 Å². The van der Waals surface area contributed by atoms with E-state index in [2.05, 4.69) is 34.3 Å². The molecule has 0 aliphatic heterocycles. The maximum Gasteiger partial charge on any atom is 0.137 e. The Morgan fingerprint density at radius 2 is 1.91 bits per heavy atom. The Morgan fingerprint density at radius 3 is 2.83 bits per heavy atom. The first-order valence-electron chi connectivity index (χ1n) is 7.96. The van der Waals surface area contributed by atoms with E-state index >= 15 is 0 Å². The van der Waals surface area contributed by atoms with Gasteiger partial charge in [0.1, 0.15) is 17.9 Å². The number of fused-ring (bicyclic) bond motifs is 1. The highest BCUT2D eigenvalue weighted by molar-refractivity contribution is 5.88. The van der Waals surface area contributed by atoms with E-state index in [9.17, 15) is 0 Å². The average molecular weight is 307 g/mol. The lowest BCUT2D eigenvalue weighted by atomic mass is 10.2. The molecule has 4 nitrogen and oxygen atoms in total. The molecule has 1 N–H and O–H groups in total. The molecule has 0 spiro atoms. The minimum absolute atomic E-state index is 0.732. The quantitative estimate of drug-likeness (QED) is 0.664. The summed E-state index contributed by atoms with van der Waals surface area (Å²) in [5, 5.41) is 4.45. The predicted octanol–water partition coefficient (Wildman–Crippen LogP) is 4.21. The molecule has 1 aromatic heterocycles. The van der Waals surface area contributed by atoms with E-state index in [1.807, 2.05) is 36.4 Å². The molecule has 0 unspecified atom stereocenters. The lowest BCUT2D eigenvalue weighted by molar-refractivity contribution is 0.308. The van der Waals surface area contributed by atoms with E-state index < -0.39 is 0 Å². The molecular weight excluding hydrogens is 286 g/mol. The van der Waals surface area contributed by atoms with Gasteiger partial charge in [-0.15, -0.1) is 0 Å². The molecular formula is C19H21N3O. The van der Waals surface area contributed by atoms with Gasteiger partial charge in [0.05, 0.1) is 12.1 Å². The lowest BCUT2D eigenvalue weighted by Crippen LogP contribution is -2.06. The first-order valence-corrected chi connectivity index (χ1v) is 7.96. The molecule has 4 heteroatoms. The van der Waals surface area contributed by atoms with Gasteiger partial charge in [-0.1, -0.05) is 24.3 Å². The van der Waals surface area contributed by atoms with Crippen LogP contribution in [0.5, 0.6) is 5.75 Å². The Balaban J connectivity index is 1.43. The molecule has 0 aliphatic rings. The number of ether oxygens (including phenoxy) is 1. The van der Waals surface area contributed by atoms with Gasteiger partial charge < -0.3 is 10.1 Å². The number of rotatable bonds is 7. The van der Waals surface area contributed by atoms with Gasteiger partial charge in [0.25, 0.3) is 0 Å². The van der Waals surface area contributed by atoms with Crippen LogP contribution >= 0.6 is 0 Å². The Hall–Kier alpha value is -2.62. The first kappa shape index (κ1) is 15.3. The monoisotopic (exact) mass is 307 g/mol. The third kappa shape index (κ3) is 4.19. The highest BCUT2D eigenvalue weighted by atomic mass is 16.5. The van der Waals surface area contributed by atoms with Crippen LogP contribution < -0.4 is 10.1 Å². The minimum Gasteiger partial charge on any atom is -0.494 e. The minimum atomic E-state index is 0.732. The van der Waals surface area contributed by atoms with Crippen molar-refractivity contribution in [3.8, 4) is 5.75 Å². The fourth-order valence-corrected chi connectivity index (χ4v) is 2.47. The fourth-order valence-electron chi connectivity index (χ4n) is 2.47. The van der Waals surface area contributed by atoms with Crippen molar-refractivity contribution in [2.24, 2.45) is 0 Å². The van der Waals surface area contributed by atoms with Crippen molar-refractivity contribution < 1.29 is 4.74 Å². The second-order valence-corrected chi connectivity index (χ2v) is 5.54. The summed E-state index contributed by atoms with van der Waals surface area (Å²) in [5.74, 6) is 1.84. The molecule has 0 radical (unpaired) electrons. The number of hydrogen-bond donors (Lipinski definition) is 1. The maximum atomic E-state index is 5.76. The van der Waals surface area contributed by atoms with Crippen molar-refractivity contribution >= 4 is 16.7 Å². The summed E-state index contributed by atoms with van der Waals surface area (Å²) in [5.41, 5.74) is 2.19. The number of aryl methyl sites for hydroxylation is 1. The van der Waals surface area contributed by atoms with Gasteiger partial charge in [0.2, 0.25) is 0 Å². The molecule has 0 atom stereocenters. The smallest absolute Gasteiger partial charge is 0.137 e. The van der Waals surface area contributed by atoms with Gasteiger partial charge in [0, 0.05) is 11.9 Å². The maximum absolute atomic E-state index is 5.76. The molecule has 0 fully saturated rings. The number of aromatic nitrogens is 2. The van der Waals surface area contributed by atoms with E-state index in [0.717, 1.165) is 48.5 Å². The third-order valence-electron chi connectivity index (χ3n) is 3.66. The molecule has 0 aliphatic carbocycles. The number of anilines is 1. The molecule has 0 saturated heterocycles. The Kier molecular flexibility index (Phi) is 5.04. The van der Waals surface area contributed by atoms with Crippen molar-refractivity contribution in [3.63, 3.8) is 0 Å². The zero-order valence-electron chi connectivity index (χ0n) is 13.3. The fraction of sp³-hybridized carbons (Fsp3) is 0.263. The number of benzene rings is 2. The Labute approximate surface area is 136 Å². The second kappa shape index (κ2) is 7.58. The standard InChI is InChI=1S/C19H21N3O/c1-15-7-6-8-16(13-15)23-12-5-4-11-20-19-17-9-2-3-10-18(17)21-14-22-19/h2-3,6-10,13-14H,4-5,11-12H2,1H3,(H,20,21,22). The van der Waals surface area contributed by atoms with Crippen LogP contribution in [0.1, 0.15) is 18.4 Å². The van der Waals surface area contributed by atoms with Crippen LogP contribution in [0.15, 0.2) is 54.9 Å². The van der Waals surface area contributed by atoms with Crippen LogP contribution in [0.4, 0.5) is 5.82 Å². The summed E-state index contributed by atoms with van der Waals surface area (Å²) in [6.45, 7) is 3.68. The van der Waals surface area contributed by atoms with Gasteiger partial charge in [-0.25, -0.2) is 9.97 Å². The zero-order valence-corrected chi connectivity index (χ0v) is 13.3. The van der Waals surface area contributed by atoms with Crippen LogP contribution in [-0.4, -0.2) is 23.1 Å². The summed E-state index contributed by atoms with van der Waals surface area (Å²) >= 11 is 0. The number of unbranched alkanes of at least 4 members (excludes halogenated alkanes) is 1. The predicted molar refractivity (Wildman–Crippen MR) is 93.9 cm³/mol. The highest BCUT2D eigenvalue weighted by Gasteiger charge is 2.01. The van der Waals surface area contributed by atoms with Crippen molar-refractivity contribution in [2.75, 3.05) is 18.5 Å². The molecule has 2 aromatic carbocycles. The first-order chi connectivity index (χ1) is 11.3. The lowest BCUT2D eigenvalue weighted by Gasteiger charge is -2.09. The second-order valence-electron chi connectivity index (χ2n) is 5.54. The van der Waals surface area contributed by atoms with Crippen molar-refractivity contribution in [2.45, 2.75) is 19.8 Å². The van der Waals surface area contributed by atoms with Crippen molar-refractivity contribution in [3.05, 3.63) is 60.4 Å². The molecule has 3 rings (SSSR count).